The Labute approximate surface area is 109 Å². The van der Waals surface area contributed by atoms with Gasteiger partial charge in [0.2, 0.25) is 0 Å². The van der Waals surface area contributed by atoms with E-state index in [-0.39, 0.29) is 0 Å². The molecule has 0 aliphatic carbocycles. The Morgan fingerprint density at radius 3 is 2.76 bits per heavy atom. The number of pyridine rings is 1. The lowest BCUT2D eigenvalue weighted by Crippen LogP contribution is -2.03. The smallest absolute Gasteiger partial charge is 0.0831 e. The van der Waals surface area contributed by atoms with Crippen LogP contribution < -0.4 is 0 Å². The third kappa shape index (κ3) is 3.14. The van der Waals surface area contributed by atoms with Crippen molar-refractivity contribution in [3.63, 3.8) is 0 Å². The first-order valence-electron chi connectivity index (χ1n) is 5.51. The van der Waals surface area contributed by atoms with Gasteiger partial charge in [-0.1, -0.05) is 34.1 Å². The van der Waals surface area contributed by atoms with Crippen molar-refractivity contribution in [3.05, 3.63) is 63.9 Å². The molecule has 88 valence electrons. The van der Waals surface area contributed by atoms with Gasteiger partial charge in [0.1, 0.15) is 0 Å². The fraction of sp³-hybridized carbons (Fsp3) is 0.214. The van der Waals surface area contributed by atoms with Gasteiger partial charge in [0, 0.05) is 22.8 Å². The van der Waals surface area contributed by atoms with Crippen LogP contribution in [0.4, 0.5) is 0 Å². The minimum absolute atomic E-state index is 0.490. The SMILES string of the molecule is Cc1cc(C(O)Cc2ccccc2Br)ccn1. The number of rotatable bonds is 3. The van der Waals surface area contributed by atoms with Crippen molar-refractivity contribution in [2.45, 2.75) is 19.4 Å². The van der Waals surface area contributed by atoms with Gasteiger partial charge < -0.3 is 5.11 Å². The van der Waals surface area contributed by atoms with E-state index in [0.29, 0.717) is 6.42 Å². The number of hydrogen-bond acceptors (Lipinski definition) is 2. The van der Waals surface area contributed by atoms with Crippen molar-refractivity contribution in [3.8, 4) is 0 Å². The number of benzene rings is 1. The zero-order valence-electron chi connectivity index (χ0n) is 9.60. The van der Waals surface area contributed by atoms with E-state index in [2.05, 4.69) is 20.9 Å². The predicted molar refractivity (Wildman–Crippen MR) is 71.8 cm³/mol. The molecule has 3 heteroatoms. The van der Waals surface area contributed by atoms with Gasteiger partial charge in [0.25, 0.3) is 0 Å². The lowest BCUT2D eigenvalue weighted by Gasteiger charge is -2.12. The number of aliphatic hydroxyl groups is 1. The molecule has 0 aliphatic heterocycles. The van der Waals surface area contributed by atoms with Gasteiger partial charge in [-0.05, 0) is 36.2 Å². The van der Waals surface area contributed by atoms with Crippen LogP contribution >= 0.6 is 15.9 Å². The van der Waals surface area contributed by atoms with Crippen LogP contribution in [-0.2, 0) is 6.42 Å². The first-order valence-corrected chi connectivity index (χ1v) is 6.30. The molecule has 1 unspecified atom stereocenters. The Balaban J connectivity index is 2.17. The van der Waals surface area contributed by atoms with Crippen LogP contribution in [0, 0.1) is 6.92 Å². The largest absolute Gasteiger partial charge is 0.388 e. The highest BCUT2D eigenvalue weighted by atomic mass is 79.9. The molecule has 0 bridgehead atoms. The van der Waals surface area contributed by atoms with Gasteiger partial charge in [-0.15, -0.1) is 0 Å². The van der Waals surface area contributed by atoms with Crippen LogP contribution in [0.1, 0.15) is 22.9 Å². The number of hydrogen-bond donors (Lipinski definition) is 1. The van der Waals surface area contributed by atoms with Gasteiger partial charge in [0.15, 0.2) is 0 Å². The topological polar surface area (TPSA) is 33.1 Å². The first kappa shape index (κ1) is 12.3. The molecule has 0 saturated carbocycles. The molecular formula is C14H14BrNO. The van der Waals surface area contributed by atoms with Gasteiger partial charge in [0.05, 0.1) is 6.10 Å². The van der Waals surface area contributed by atoms with Gasteiger partial charge in [-0.2, -0.15) is 0 Å². The lowest BCUT2D eigenvalue weighted by molar-refractivity contribution is 0.178. The summed E-state index contributed by atoms with van der Waals surface area (Å²) in [6.07, 6.45) is 1.84. The standard InChI is InChI=1S/C14H14BrNO/c1-10-8-12(6-7-16-10)14(17)9-11-4-2-3-5-13(11)15/h2-8,14,17H,9H2,1H3. The number of aliphatic hydroxyl groups excluding tert-OH is 1. The van der Waals surface area contributed by atoms with E-state index in [1.165, 1.54) is 0 Å². The molecule has 2 aromatic rings. The van der Waals surface area contributed by atoms with Crippen molar-refractivity contribution < 1.29 is 5.11 Å². The molecule has 17 heavy (non-hydrogen) atoms. The normalized spacial score (nSPS) is 12.4. The lowest BCUT2D eigenvalue weighted by atomic mass is 10.0. The fourth-order valence-corrected chi connectivity index (χ4v) is 2.21. The second kappa shape index (κ2) is 5.43. The number of aromatic nitrogens is 1. The van der Waals surface area contributed by atoms with E-state index in [0.717, 1.165) is 21.3 Å². The van der Waals surface area contributed by atoms with Crippen molar-refractivity contribution in [1.29, 1.82) is 0 Å². The molecule has 1 N–H and O–H groups in total. The second-order valence-corrected chi connectivity index (χ2v) is 4.90. The Morgan fingerprint density at radius 2 is 2.06 bits per heavy atom. The Kier molecular flexibility index (Phi) is 3.92. The summed E-state index contributed by atoms with van der Waals surface area (Å²) >= 11 is 3.49. The van der Waals surface area contributed by atoms with Crippen molar-refractivity contribution in [2.24, 2.45) is 0 Å². The molecule has 0 fully saturated rings. The van der Waals surface area contributed by atoms with Crippen molar-refractivity contribution >= 4 is 15.9 Å². The van der Waals surface area contributed by atoms with Crippen LogP contribution in [0.25, 0.3) is 0 Å². The third-order valence-electron chi connectivity index (χ3n) is 2.68. The summed E-state index contributed by atoms with van der Waals surface area (Å²) < 4.78 is 1.03. The molecule has 0 saturated heterocycles. The van der Waals surface area contributed by atoms with E-state index in [4.69, 9.17) is 0 Å². The first-order chi connectivity index (χ1) is 8.16. The number of halogens is 1. The summed E-state index contributed by atoms with van der Waals surface area (Å²) in [6.45, 7) is 1.93. The molecule has 2 rings (SSSR count). The third-order valence-corrected chi connectivity index (χ3v) is 3.45. The summed E-state index contributed by atoms with van der Waals surface area (Å²) in [4.78, 5) is 4.13. The van der Waals surface area contributed by atoms with Crippen molar-refractivity contribution in [2.75, 3.05) is 0 Å². The molecule has 0 aliphatic rings. The zero-order valence-corrected chi connectivity index (χ0v) is 11.2. The fourth-order valence-electron chi connectivity index (χ4n) is 1.76. The molecule has 0 radical (unpaired) electrons. The highest BCUT2D eigenvalue weighted by molar-refractivity contribution is 9.10. The minimum atomic E-state index is -0.490. The number of nitrogens with zero attached hydrogens (tertiary/aromatic N) is 1. The van der Waals surface area contributed by atoms with Crippen LogP contribution in [0.3, 0.4) is 0 Å². The number of aryl methyl sites for hydroxylation is 1. The van der Waals surface area contributed by atoms with Gasteiger partial charge in [-0.25, -0.2) is 0 Å². The molecule has 0 amide bonds. The quantitative estimate of drug-likeness (QED) is 0.940. The Bertz CT molecular complexity index is 513. The minimum Gasteiger partial charge on any atom is -0.388 e. The molecule has 1 heterocycles. The van der Waals surface area contributed by atoms with E-state index >= 15 is 0 Å². The van der Waals surface area contributed by atoms with Crippen LogP contribution in [-0.4, -0.2) is 10.1 Å². The highest BCUT2D eigenvalue weighted by Crippen LogP contribution is 2.23. The molecule has 2 nitrogen and oxygen atoms in total. The molecule has 1 aromatic carbocycles. The van der Waals surface area contributed by atoms with Crippen LogP contribution in [0.15, 0.2) is 47.1 Å². The Morgan fingerprint density at radius 1 is 1.29 bits per heavy atom. The van der Waals surface area contributed by atoms with E-state index < -0.39 is 6.10 Å². The summed E-state index contributed by atoms with van der Waals surface area (Å²) in [6, 6.07) is 11.7. The van der Waals surface area contributed by atoms with E-state index in [9.17, 15) is 5.11 Å². The second-order valence-electron chi connectivity index (χ2n) is 4.04. The highest BCUT2D eigenvalue weighted by Gasteiger charge is 2.10. The summed E-state index contributed by atoms with van der Waals surface area (Å²) in [7, 11) is 0. The average molecular weight is 292 g/mol. The predicted octanol–water partition coefficient (Wildman–Crippen LogP) is 3.43. The van der Waals surface area contributed by atoms with Gasteiger partial charge in [-0.3, -0.25) is 4.98 Å². The van der Waals surface area contributed by atoms with Crippen LogP contribution in [0.2, 0.25) is 0 Å². The zero-order chi connectivity index (χ0) is 12.3. The maximum absolute atomic E-state index is 10.2. The molecule has 0 spiro atoms. The summed E-state index contributed by atoms with van der Waals surface area (Å²) in [5.41, 5.74) is 2.94. The maximum atomic E-state index is 10.2. The monoisotopic (exact) mass is 291 g/mol. The average Bonchev–Trinajstić information content (AvgIpc) is 2.32. The van der Waals surface area contributed by atoms with E-state index in [1.54, 1.807) is 6.20 Å². The summed E-state index contributed by atoms with van der Waals surface area (Å²) in [5, 5.41) is 10.2. The molecular weight excluding hydrogens is 278 g/mol. The molecule has 1 atom stereocenters. The van der Waals surface area contributed by atoms with Crippen molar-refractivity contribution in [1.82, 2.24) is 4.98 Å². The Hall–Kier alpha value is -1.19. The summed E-state index contributed by atoms with van der Waals surface area (Å²) in [5.74, 6) is 0. The maximum Gasteiger partial charge on any atom is 0.0831 e. The molecule has 1 aromatic heterocycles. The van der Waals surface area contributed by atoms with Crippen LogP contribution in [0.5, 0.6) is 0 Å². The van der Waals surface area contributed by atoms with Gasteiger partial charge >= 0.3 is 0 Å². The van der Waals surface area contributed by atoms with E-state index in [1.807, 2.05) is 43.3 Å².